The molecule has 1 aromatic carbocycles. The molecule has 2 heterocycles. The fourth-order valence-corrected chi connectivity index (χ4v) is 6.35. The molecule has 0 atom stereocenters. The fraction of sp³-hybridized carbons (Fsp3) is 0.400. The number of aromatic amines is 1. The number of benzene rings is 1. The van der Waals surface area contributed by atoms with Gasteiger partial charge in [-0.15, -0.1) is 0 Å². The Kier molecular flexibility index (Phi) is 6.87. The van der Waals surface area contributed by atoms with Crippen LogP contribution in [0, 0.1) is 6.92 Å². The first kappa shape index (κ1) is 23.0. The van der Waals surface area contributed by atoms with Crippen LogP contribution < -0.4 is 14.3 Å². The van der Waals surface area contributed by atoms with Crippen molar-refractivity contribution < 1.29 is 22.7 Å². The lowest BCUT2D eigenvalue weighted by molar-refractivity contribution is 0.0697. The fourth-order valence-electron chi connectivity index (χ4n) is 3.49. The molecule has 11 heteroatoms. The van der Waals surface area contributed by atoms with Crippen molar-refractivity contribution >= 4 is 33.3 Å². The summed E-state index contributed by atoms with van der Waals surface area (Å²) in [5.74, 6) is 0.765. The third-order valence-corrected chi connectivity index (χ3v) is 8.46. The zero-order chi connectivity index (χ0) is 22.8. The van der Waals surface area contributed by atoms with Gasteiger partial charge in [-0.2, -0.15) is 4.31 Å². The minimum absolute atomic E-state index is 0.0214. The minimum atomic E-state index is -3.78. The van der Waals surface area contributed by atoms with Gasteiger partial charge in [-0.25, -0.2) is 8.42 Å². The highest BCUT2D eigenvalue weighted by atomic mass is 32.2. The van der Waals surface area contributed by atoms with Crippen molar-refractivity contribution in [1.82, 2.24) is 14.2 Å². The molecular weight excluding hydrogens is 442 g/mol. The number of nitrogens with one attached hydrogen (secondary N) is 1. The maximum absolute atomic E-state index is 13.1. The number of aryl methyl sites for hydroxylation is 1. The summed E-state index contributed by atoms with van der Waals surface area (Å²) < 4.78 is 37.9. The summed E-state index contributed by atoms with van der Waals surface area (Å²) in [6.07, 6.45) is 3.67. The van der Waals surface area contributed by atoms with Gasteiger partial charge in [-0.1, -0.05) is 23.5 Å². The van der Waals surface area contributed by atoms with Crippen LogP contribution in [-0.2, 0) is 10.0 Å². The summed E-state index contributed by atoms with van der Waals surface area (Å²) in [4.78, 5) is 28.3. The molecule has 0 saturated carbocycles. The smallest absolute Gasteiger partial charge is 0.305 e. The quantitative estimate of drug-likeness (QED) is 0.696. The molecule has 9 nitrogen and oxygen atoms in total. The first-order valence-electron chi connectivity index (χ1n) is 9.60. The molecule has 0 radical (unpaired) electrons. The molecule has 1 amide bonds. The van der Waals surface area contributed by atoms with Crippen molar-refractivity contribution in [3.63, 3.8) is 0 Å². The Morgan fingerprint density at radius 1 is 1.16 bits per heavy atom. The lowest BCUT2D eigenvalue weighted by Gasteiger charge is -2.34. The predicted molar refractivity (Wildman–Crippen MR) is 119 cm³/mol. The third kappa shape index (κ3) is 4.53. The van der Waals surface area contributed by atoms with Crippen LogP contribution in [0.1, 0.15) is 28.5 Å². The second kappa shape index (κ2) is 9.25. The van der Waals surface area contributed by atoms with Gasteiger partial charge in [0.05, 0.1) is 14.2 Å². The topological polar surface area (TPSA) is 109 Å². The lowest BCUT2D eigenvalue weighted by atomic mass is 10.1. The number of piperazine rings is 1. The van der Waals surface area contributed by atoms with E-state index < -0.39 is 14.9 Å². The van der Waals surface area contributed by atoms with Gasteiger partial charge >= 0.3 is 4.87 Å². The van der Waals surface area contributed by atoms with Gasteiger partial charge in [-0.05, 0) is 26.0 Å². The van der Waals surface area contributed by atoms with Crippen molar-refractivity contribution in [1.29, 1.82) is 0 Å². The van der Waals surface area contributed by atoms with E-state index in [9.17, 15) is 18.0 Å². The number of hydrogen-bond acceptors (Lipinski definition) is 7. The number of hydrogen-bond donors (Lipinski definition) is 1. The number of thiazole rings is 1. The van der Waals surface area contributed by atoms with Crippen molar-refractivity contribution in [2.75, 3.05) is 40.4 Å². The van der Waals surface area contributed by atoms with E-state index >= 15 is 0 Å². The van der Waals surface area contributed by atoms with E-state index in [1.54, 1.807) is 24.0 Å². The number of methoxy groups -OCH3 is 2. The number of allylic oxidation sites excluding steroid dienone is 1. The molecule has 1 aliphatic rings. The van der Waals surface area contributed by atoms with E-state index in [0.717, 1.165) is 0 Å². The number of ether oxygens (including phenoxy) is 2. The molecule has 168 valence electrons. The number of rotatable bonds is 6. The molecule has 1 aromatic heterocycles. The molecule has 2 aromatic rings. The monoisotopic (exact) mass is 467 g/mol. The van der Waals surface area contributed by atoms with Gasteiger partial charge in [0.1, 0.15) is 0 Å². The molecule has 31 heavy (non-hydrogen) atoms. The van der Waals surface area contributed by atoms with E-state index in [0.29, 0.717) is 39.7 Å². The second-order valence-corrected chi connectivity index (χ2v) is 10.0. The van der Waals surface area contributed by atoms with Crippen LogP contribution in [0.15, 0.2) is 27.2 Å². The first-order chi connectivity index (χ1) is 14.7. The molecule has 0 unspecified atom stereocenters. The predicted octanol–water partition coefficient (Wildman–Crippen LogP) is 1.94. The minimum Gasteiger partial charge on any atom is -0.493 e. The Balaban J connectivity index is 1.80. The highest BCUT2D eigenvalue weighted by molar-refractivity contribution is 7.91. The molecule has 3 rings (SSSR count). The van der Waals surface area contributed by atoms with Crippen LogP contribution in [0.5, 0.6) is 11.5 Å². The normalized spacial score (nSPS) is 15.4. The number of carbonyl (C=O) groups is 1. The average molecular weight is 468 g/mol. The first-order valence-corrected chi connectivity index (χ1v) is 11.9. The summed E-state index contributed by atoms with van der Waals surface area (Å²) in [7, 11) is -0.739. The maximum Gasteiger partial charge on any atom is 0.305 e. The molecule has 1 saturated heterocycles. The Bertz CT molecular complexity index is 1160. The van der Waals surface area contributed by atoms with Crippen LogP contribution >= 0.6 is 11.3 Å². The summed E-state index contributed by atoms with van der Waals surface area (Å²) in [6, 6.07) is 3.35. The summed E-state index contributed by atoms with van der Waals surface area (Å²) in [5, 5.41) is 0. The molecule has 1 aliphatic heterocycles. The van der Waals surface area contributed by atoms with Gasteiger partial charge in [-0.3, -0.25) is 9.59 Å². The van der Waals surface area contributed by atoms with Crippen molar-refractivity contribution in [2.24, 2.45) is 0 Å². The van der Waals surface area contributed by atoms with Crippen molar-refractivity contribution in [2.45, 2.75) is 18.1 Å². The number of aromatic nitrogens is 1. The zero-order valence-electron chi connectivity index (χ0n) is 17.8. The third-order valence-electron chi connectivity index (χ3n) is 4.98. The van der Waals surface area contributed by atoms with E-state index in [1.807, 2.05) is 19.1 Å². The van der Waals surface area contributed by atoms with Crippen LogP contribution in [0.2, 0.25) is 0 Å². The Labute approximate surface area is 184 Å². The van der Waals surface area contributed by atoms with Gasteiger partial charge in [0.25, 0.3) is 15.9 Å². The van der Waals surface area contributed by atoms with E-state index in [-0.39, 0.29) is 36.3 Å². The highest BCUT2D eigenvalue weighted by Crippen LogP contribution is 2.34. The maximum atomic E-state index is 13.1. The Morgan fingerprint density at radius 3 is 2.35 bits per heavy atom. The summed E-state index contributed by atoms with van der Waals surface area (Å²) in [6.45, 7) is 4.20. The van der Waals surface area contributed by atoms with E-state index in [1.165, 1.54) is 18.5 Å². The molecule has 0 spiro atoms. The molecule has 0 bridgehead atoms. The van der Waals surface area contributed by atoms with Gasteiger partial charge < -0.3 is 19.4 Å². The van der Waals surface area contributed by atoms with Crippen LogP contribution in [-0.4, -0.2) is 68.9 Å². The zero-order valence-corrected chi connectivity index (χ0v) is 19.4. The van der Waals surface area contributed by atoms with Crippen molar-refractivity contribution in [3.8, 4) is 11.5 Å². The number of H-pyrrole nitrogens is 1. The van der Waals surface area contributed by atoms with Gasteiger partial charge in [0, 0.05) is 43.0 Å². The van der Waals surface area contributed by atoms with Crippen LogP contribution in [0.3, 0.4) is 0 Å². The average Bonchev–Trinajstić information content (AvgIpc) is 3.11. The van der Waals surface area contributed by atoms with E-state index in [2.05, 4.69) is 4.98 Å². The highest BCUT2D eigenvalue weighted by Gasteiger charge is 2.33. The number of carbonyl (C=O) groups excluding carboxylic acids is 1. The van der Waals surface area contributed by atoms with Crippen LogP contribution in [0.4, 0.5) is 0 Å². The van der Waals surface area contributed by atoms with E-state index in [4.69, 9.17) is 9.47 Å². The van der Waals surface area contributed by atoms with Crippen molar-refractivity contribution in [3.05, 3.63) is 44.7 Å². The number of sulfonamides is 1. The Morgan fingerprint density at radius 2 is 1.84 bits per heavy atom. The van der Waals surface area contributed by atoms with Crippen LogP contribution in [0.25, 0.3) is 6.08 Å². The molecule has 1 N–H and O–H groups in total. The van der Waals surface area contributed by atoms with Gasteiger partial charge in [0.2, 0.25) is 0 Å². The summed E-state index contributed by atoms with van der Waals surface area (Å²) >= 11 is 0.679. The molecule has 0 aliphatic carbocycles. The second-order valence-electron chi connectivity index (χ2n) is 6.92. The largest absolute Gasteiger partial charge is 0.493 e. The number of amides is 1. The lowest BCUT2D eigenvalue weighted by Crippen LogP contribution is -2.50. The number of nitrogens with zero attached hydrogens (tertiary/aromatic N) is 2. The summed E-state index contributed by atoms with van der Waals surface area (Å²) in [5.41, 5.74) is 1.48. The van der Waals surface area contributed by atoms with Gasteiger partial charge in [0.15, 0.2) is 15.7 Å². The molecular formula is C20H25N3O6S2. The molecule has 1 fully saturated rings. The standard InChI is InChI=1S/C20H25N3O6S2/c1-5-6-14-11-15(12-16(28-3)17(14)29-4)18(24)22-7-9-23(10-8-22)31(26,27)19-13(2)21-20(25)30-19/h5-6,11-12H,7-10H2,1-4H3,(H,21,25)/b6-5+. The Hall–Kier alpha value is -2.63. The SMILES string of the molecule is C/C=C/c1cc(C(=O)N2CCN(S(=O)(=O)c3sc(=O)[nH]c3C)CC2)cc(OC)c1OC.